The molecular weight excluding hydrogens is 626 g/mol. The van der Waals surface area contributed by atoms with E-state index in [0.717, 1.165) is 60.3 Å². The number of halogens is 1. The Morgan fingerprint density at radius 1 is 0.761 bits per heavy atom. The van der Waals surface area contributed by atoms with Gasteiger partial charge in [0, 0.05) is 29.4 Å². The molecule has 7 aromatic heterocycles. The zero-order chi connectivity index (χ0) is 30.0. The van der Waals surface area contributed by atoms with Gasteiger partial charge in [0.25, 0.3) is 0 Å². The van der Waals surface area contributed by atoms with Gasteiger partial charge in [0.1, 0.15) is 16.0 Å². The number of anilines is 2. The van der Waals surface area contributed by atoms with Gasteiger partial charge in [-0.15, -0.1) is 19.6 Å². The summed E-state index contributed by atoms with van der Waals surface area (Å²) in [7, 11) is 3.90. The number of rotatable bonds is 5. The Morgan fingerprint density at radius 2 is 1.35 bits per heavy atom. The van der Waals surface area contributed by atoms with Crippen LogP contribution in [0.2, 0.25) is 5.15 Å². The molecule has 7 aromatic rings. The Morgan fingerprint density at radius 3 is 1.93 bits per heavy atom. The van der Waals surface area contributed by atoms with E-state index in [4.69, 9.17) is 16.6 Å². The van der Waals surface area contributed by atoms with Crippen LogP contribution in [-0.4, -0.2) is 51.3 Å². The van der Waals surface area contributed by atoms with Crippen molar-refractivity contribution in [3.05, 3.63) is 83.7 Å². The first kappa shape index (κ1) is 32.5. The SMILES string of the molecule is C[n+]1cc(-c2cnc3ccc(Cl)nc3c2)c[nH]1.C[n+]1cc(-c2cnc3ccc(Nc4nnc(C5CCCC5)s4)nc3c2)c[nH]1.[OH-].[OH-]. The van der Waals surface area contributed by atoms with Crippen LogP contribution in [0.5, 0.6) is 0 Å². The molecule has 0 aliphatic heterocycles. The average Bonchev–Trinajstić information content (AvgIpc) is 3.85. The zero-order valence-electron chi connectivity index (χ0n) is 25.1. The average molecular weight is 658 g/mol. The highest BCUT2D eigenvalue weighted by atomic mass is 35.5. The molecule has 0 atom stereocenters. The Balaban J connectivity index is 0.000000191. The predicted octanol–water partition coefficient (Wildman–Crippen LogP) is 5.45. The van der Waals surface area contributed by atoms with Gasteiger partial charge in [-0.25, -0.2) is 9.97 Å². The van der Waals surface area contributed by atoms with Crippen molar-refractivity contribution in [1.82, 2.24) is 40.3 Å². The van der Waals surface area contributed by atoms with Gasteiger partial charge in [-0.2, -0.15) is 10.2 Å². The number of aryl methyl sites for hydroxylation is 2. The fourth-order valence-corrected chi connectivity index (χ4v) is 6.40. The molecule has 15 heteroatoms. The van der Waals surface area contributed by atoms with Crippen LogP contribution in [0.3, 0.4) is 0 Å². The fourth-order valence-electron chi connectivity index (χ4n) is 5.33. The lowest BCUT2D eigenvalue weighted by Crippen LogP contribution is -2.27. The number of fused-ring (bicyclic) bond motifs is 2. The molecule has 236 valence electrons. The highest BCUT2D eigenvalue weighted by Crippen LogP contribution is 2.37. The van der Waals surface area contributed by atoms with E-state index in [9.17, 15) is 0 Å². The van der Waals surface area contributed by atoms with E-state index in [1.165, 1.54) is 25.7 Å². The summed E-state index contributed by atoms with van der Waals surface area (Å²) in [6.45, 7) is 0. The first-order valence-corrected chi connectivity index (χ1v) is 15.5. The smallest absolute Gasteiger partial charge is 0.211 e. The number of hydrogen-bond acceptors (Lipinski definition) is 10. The molecule has 46 heavy (non-hydrogen) atoms. The van der Waals surface area contributed by atoms with Crippen LogP contribution in [0.25, 0.3) is 44.3 Å². The standard InChI is InChI=1S/C19H19N7S.C12H9ClN4.2H2O/c1-26-11-14(10-21-26)13-8-16-15(20-9-13)6-7-17(22-16)23-19-25-24-18(27-19)12-4-2-3-5-12;1-17-7-9(6-15-17)8-4-11-10(14-5-8)2-3-12(13)16-11;;/h6-12H,2-5H2,1H3,(H,22,23,25);2-7H,1H3;2*1H2. The Bertz CT molecular complexity index is 2090. The third-order valence-electron chi connectivity index (χ3n) is 7.60. The molecule has 1 fully saturated rings. The van der Waals surface area contributed by atoms with Gasteiger partial charge in [0.05, 0.1) is 45.6 Å². The lowest BCUT2D eigenvalue weighted by molar-refractivity contribution is -0.726. The predicted molar refractivity (Wildman–Crippen MR) is 174 cm³/mol. The van der Waals surface area contributed by atoms with Gasteiger partial charge in [-0.3, -0.25) is 9.97 Å². The van der Waals surface area contributed by atoms with Crippen molar-refractivity contribution < 1.29 is 20.3 Å². The second-order valence-corrected chi connectivity index (χ2v) is 12.2. The third-order valence-corrected chi connectivity index (χ3v) is 8.81. The summed E-state index contributed by atoms with van der Waals surface area (Å²) in [4.78, 5) is 17.9. The van der Waals surface area contributed by atoms with Crippen molar-refractivity contribution >= 4 is 56.0 Å². The van der Waals surface area contributed by atoms with Crippen molar-refractivity contribution in [3.8, 4) is 22.3 Å². The van der Waals surface area contributed by atoms with Crippen molar-refractivity contribution in [2.75, 3.05) is 5.32 Å². The lowest BCUT2D eigenvalue weighted by Gasteiger charge is -2.04. The van der Waals surface area contributed by atoms with Gasteiger partial charge in [-0.1, -0.05) is 35.8 Å². The normalized spacial score (nSPS) is 12.8. The number of aromatic amines is 2. The van der Waals surface area contributed by atoms with E-state index in [0.29, 0.717) is 11.1 Å². The van der Waals surface area contributed by atoms with Gasteiger partial charge in [0.15, 0.2) is 14.1 Å². The second kappa shape index (κ2) is 14.0. The summed E-state index contributed by atoms with van der Waals surface area (Å²) < 4.78 is 3.78. The molecule has 0 unspecified atom stereocenters. The van der Waals surface area contributed by atoms with E-state index in [2.05, 4.69) is 46.7 Å². The van der Waals surface area contributed by atoms with Crippen LogP contribution in [0.4, 0.5) is 10.9 Å². The first-order chi connectivity index (χ1) is 21.5. The Hall–Kier alpha value is -4.89. The summed E-state index contributed by atoms with van der Waals surface area (Å²) in [6.07, 6.45) is 16.7. The monoisotopic (exact) mass is 657 g/mol. The van der Waals surface area contributed by atoms with Crippen LogP contribution in [0.15, 0.2) is 73.6 Å². The molecule has 8 rings (SSSR count). The number of aromatic nitrogens is 10. The van der Waals surface area contributed by atoms with Crippen LogP contribution in [0.1, 0.15) is 36.6 Å². The molecule has 13 nitrogen and oxygen atoms in total. The third kappa shape index (κ3) is 7.15. The van der Waals surface area contributed by atoms with Crippen LogP contribution < -0.4 is 14.7 Å². The van der Waals surface area contributed by atoms with Crippen LogP contribution in [0, 0.1) is 0 Å². The van der Waals surface area contributed by atoms with Crippen molar-refractivity contribution in [2.24, 2.45) is 14.1 Å². The van der Waals surface area contributed by atoms with Gasteiger partial charge < -0.3 is 16.3 Å². The summed E-state index contributed by atoms with van der Waals surface area (Å²) in [5, 5.41) is 20.6. The van der Waals surface area contributed by atoms with Crippen molar-refractivity contribution in [3.63, 3.8) is 0 Å². The van der Waals surface area contributed by atoms with Crippen LogP contribution >= 0.6 is 22.9 Å². The highest BCUT2D eigenvalue weighted by Gasteiger charge is 2.21. The highest BCUT2D eigenvalue weighted by molar-refractivity contribution is 7.15. The van der Waals surface area contributed by atoms with E-state index in [1.54, 1.807) is 17.4 Å². The number of pyridine rings is 4. The minimum Gasteiger partial charge on any atom is -0.870 e. The number of hydrogen-bond donors (Lipinski definition) is 3. The first-order valence-electron chi connectivity index (χ1n) is 14.4. The molecule has 0 aromatic carbocycles. The van der Waals surface area contributed by atoms with E-state index in [1.807, 2.05) is 84.9 Å². The molecule has 7 heterocycles. The maximum atomic E-state index is 5.87. The number of H-pyrrole nitrogens is 2. The molecule has 0 saturated heterocycles. The molecular formula is C31H32ClN11O2S. The molecule has 0 bridgehead atoms. The summed E-state index contributed by atoms with van der Waals surface area (Å²) in [5.74, 6) is 1.34. The number of nitrogens with zero attached hydrogens (tertiary/aromatic N) is 8. The zero-order valence-corrected chi connectivity index (χ0v) is 26.7. The van der Waals surface area contributed by atoms with E-state index in [-0.39, 0.29) is 11.0 Å². The Kier molecular flexibility index (Phi) is 9.92. The van der Waals surface area contributed by atoms with Gasteiger partial charge in [0.2, 0.25) is 17.5 Å². The molecule has 1 aliphatic rings. The summed E-state index contributed by atoms with van der Waals surface area (Å²) in [6, 6.07) is 11.6. The largest absolute Gasteiger partial charge is 0.870 e. The Labute approximate surface area is 273 Å². The molecule has 0 spiro atoms. The van der Waals surface area contributed by atoms with E-state index >= 15 is 0 Å². The maximum absolute atomic E-state index is 5.87. The maximum Gasteiger partial charge on any atom is 0.211 e. The van der Waals surface area contributed by atoms with E-state index < -0.39 is 0 Å². The second-order valence-electron chi connectivity index (χ2n) is 10.8. The minimum atomic E-state index is 0. The van der Waals surface area contributed by atoms with Gasteiger partial charge in [-0.05, 0) is 49.2 Å². The summed E-state index contributed by atoms with van der Waals surface area (Å²) in [5.41, 5.74) is 7.57. The molecule has 1 aliphatic carbocycles. The van der Waals surface area contributed by atoms with Crippen molar-refractivity contribution in [2.45, 2.75) is 31.6 Å². The quantitative estimate of drug-likeness (QED) is 0.160. The fraction of sp³-hybridized carbons (Fsp3) is 0.226. The van der Waals surface area contributed by atoms with Crippen LogP contribution in [-0.2, 0) is 14.1 Å². The summed E-state index contributed by atoms with van der Waals surface area (Å²) >= 11 is 7.51. The lowest BCUT2D eigenvalue weighted by atomic mass is 10.1. The van der Waals surface area contributed by atoms with Gasteiger partial charge >= 0.3 is 0 Å². The molecule has 0 amide bonds. The van der Waals surface area contributed by atoms with Crippen molar-refractivity contribution in [1.29, 1.82) is 0 Å². The minimum absolute atomic E-state index is 0. The molecule has 5 N–H and O–H groups in total. The topological polar surface area (TPSA) is 189 Å². The molecule has 1 saturated carbocycles. The molecule has 0 radical (unpaired) electrons. The number of nitrogens with one attached hydrogen (secondary N) is 3.